The molecule has 1 heterocycles. The average molecular weight is 366 g/mol. The van der Waals surface area contributed by atoms with Gasteiger partial charge in [-0.25, -0.2) is 17.2 Å². The molecule has 108 valence electrons. The summed E-state index contributed by atoms with van der Waals surface area (Å²) in [5, 5.41) is 6.37. The van der Waals surface area contributed by atoms with Crippen LogP contribution in [0.2, 0.25) is 0 Å². The van der Waals surface area contributed by atoms with Gasteiger partial charge in [0.05, 0.1) is 0 Å². The monoisotopic (exact) mass is 365 g/mol. The molecule has 2 aromatic rings. The standard InChI is InChI=1S/C11H10BrF2N3O2S/c1-2-7-5-10(16-15-7)17-20(18,19)11-8(12)3-6(13)4-9(11)14/h3-5H,2H2,1H3,(H2,15,16,17). The Kier molecular flexibility index (Phi) is 4.09. The van der Waals surface area contributed by atoms with Gasteiger partial charge in [0.15, 0.2) is 5.82 Å². The van der Waals surface area contributed by atoms with Crippen LogP contribution >= 0.6 is 15.9 Å². The second-order valence-corrected chi connectivity index (χ2v) is 6.41. The Morgan fingerprint density at radius 2 is 2.05 bits per heavy atom. The average Bonchev–Trinajstić information content (AvgIpc) is 2.73. The highest BCUT2D eigenvalue weighted by Crippen LogP contribution is 2.27. The lowest BCUT2D eigenvalue weighted by molar-refractivity contribution is 0.548. The summed E-state index contributed by atoms with van der Waals surface area (Å²) in [6.45, 7) is 1.86. The van der Waals surface area contributed by atoms with Gasteiger partial charge in [-0.05, 0) is 28.4 Å². The molecule has 2 N–H and O–H groups in total. The van der Waals surface area contributed by atoms with Gasteiger partial charge in [-0.3, -0.25) is 9.82 Å². The zero-order valence-electron chi connectivity index (χ0n) is 10.2. The van der Waals surface area contributed by atoms with Gasteiger partial charge in [-0.2, -0.15) is 5.10 Å². The van der Waals surface area contributed by atoms with Crippen molar-refractivity contribution >= 4 is 31.8 Å². The number of halogens is 3. The van der Waals surface area contributed by atoms with Gasteiger partial charge in [-0.15, -0.1) is 0 Å². The molecule has 1 aromatic carbocycles. The fourth-order valence-corrected chi connectivity index (χ4v) is 3.73. The number of sulfonamides is 1. The minimum Gasteiger partial charge on any atom is -0.280 e. The molecule has 0 radical (unpaired) electrons. The fraction of sp³-hybridized carbons (Fsp3) is 0.182. The van der Waals surface area contributed by atoms with Gasteiger partial charge in [0.1, 0.15) is 16.5 Å². The van der Waals surface area contributed by atoms with Crippen molar-refractivity contribution in [2.75, 3.05) is 4.72 Å². The molecule has 0 spiro atoms. The number of aryl methyl sites for hydroxylation is 1. The Bertz CT molecular complexity index is 723. The molecule has 0 unspecified atom stereocenters. The van der Waals surface area contributed by atoms with E-state index in [0.717, 1.165) is 11.8 Å². The molecule has 0 fully saturated rings. The first-order valence-corrected chi connectivity index (χ1v) is 7.82. The number of nitrogens with one attached hydrogen (secondary N) is 2. The first kappa shape index (κ1) is 14.9. The molecule has 0 aliphatic carbocycles. The predicted molar refractivity (Wildman–Crippen MR) is 72.8 cm³/mol. The third-order valence-corrected chi connectivity index (χ3v) is 4.80. The second-order valence-electron chi connectivity index (χ2n) is 3.94. The van der Waals surface area contributed by atoms with E-state index in [1.165, 1.54) is 6.07 Å². The fourth-order valence-electron chi connectivity index (χ4n) is 1.57. The number of nitrogens with zero attached hydrogens (tertiary/aromatic N) is 1. The zero-order chi connectivity index (χ0) is 14.9. The third kappa shape index (κ3) is 2.98. The van der Waals surface area contributed by atoms with Crippen LogP contribution in [0.25, 0.3) is 0 Å². The van der Waals surface area contributed by atoms with E-state index in [1.54, 1.807) is 0 Å². The maximum Gasteiger partial charge on any atom is 0.267 e. The Morgan fingerprint density at radius 3 is 2.60 bits per heavy atom. The number of rotatable bonds is 4. The number of hydrogen-bond donors (Lipinski definition) is 2. The Morgan fingerprint density at radius 1 is 1.35 bits per heavy atom. The molecule has 5 nitrogen and oxygen atoms in total. The topological polar surface area (TPSA) is 74.8 Å². The molecule has 2 rings (SSSR count). The van der Waals surface area contributed by atoms with Gasteiger partial charge < -0.3 is 0 Å². The second kappa shape index (κ2) is 5.49. The summed E-state index contributed by atoms with van der Waals surface area (Å²) in [6, 6.07) is 2.87. The highest BCUT2D eigenvalue weighted by atomic mass is 79.9. The molecular formula is C11H10BrF2N3O2S. The van der Waals surface area contributed by atoms with E-state index in [1.807, 2.05) is 6.92 Å². The lowest BCUT2D eigenvalue weighted by Gasteiger charge is -2.08. The predicted octanol–water partition coefficient (Wildman–Crippen LogP) is 2.81. The molecule has 0 aliphatic heterocycles. The van der Waals surface area contributed by atoms with Gasteiger partial charge in [0.2, 0.25) is 0 Å². The maximum atomic E-state index is 13.7. The van der Waals surface area contributed by atoms with Crippen LogP contribution in [0.15, 0.2) is 27.6 Å². The van der Waals surface area contributed by atoms with Crippen molar-refractivity contribution in [2.45, 2.75) is 18.2 Å². The number of hydrogen-bond acceptors (Lipinski definition) is 3. The SMILES string of the molecule is CCc1cc(NS(=O)(=O)c2c(F)cc(F)cc2Br)n[nH]1. The van der Waals surface area contributed by atoms with Crippen LogP contribution in [-0.2, 0) is 16.4 Å². The number of H-pyrrole nitrogens is 1. The minimum atomic E-state index is -4.21. The highest BCUT2D eigenvalue weighted by Gasteiger charge is 2.24. The number of aromatic amines is 1. The summed E-state index contributed by atoms with van der Waals surface area (Å²) < 4.78 is 52.8. The van der Waals surface area contributed by atoms with E-state index in [2.05, 4.69) is 30.8 Å². The molecule has 9 heteroatoms. The smallest absolute Gasteiger partial charge is 0.267 e. The van der Waals surface area contributed by atoms with Crippen molar-refractivity contribution in [2.24, 2.45) is 0 Å². The summed E-state index contributed by atoms with van der Waals surface area (Å²) in [6.07, 6.45) is 0.642. The van der Waals surface area contributed by atoms with Gasteiger partial charge in [0.25, 0.3) is 10.0 Å². The molecule has 0 atom stereocenters. The third-order valence-electron chi connectivity index (χ3n) is 2.48. The minimum absolute atomic E-state index is 0.0393. The lowest BCUT2D eigenvalue weighted by atomic mass is 10.3. The van der Waals surface area contributed by atoms with Crippen LogP contribution < -0.4 is 4.72 Å². The van der Waals surface area contributed by atoms with E-state index < -0.39 is 26.6 Å². The van der Waals surface area contributed by atoms with Crippen LogP contribution in [-0.4, -0.2) is 18.6 Å². The number of aromatic nitrogens is 2. The summed E-state index contributed by atoms with van der Waals surface area (Å²) >= 11 is 2.84. The van der Waals surface area contributed by atoms with E-state index >= 15 is 0 Å². The summed E-state index contributed by atoms with van der Waals surface area (Å²) in [4.78, 5) is -0.667. The quantitative estimate of drug-likeness (QED) is 0.874. The molecular weight excluding hydrogens is 356 g/mol. The van der Waals surface area contributed by atoms with Crippen molar-refractivity contribution < 1.29 is 17.2 Å². The van der Waals surface area contributed by atoms with Crippen LogP contribution in [0.3, 0.4) is 0 Å². The molecule has 0 bridgehead atoms. The molecule has 0 saturated heterocycles. The van der Waals surface area contributed by atoms with Crippen molar-refractivity contribution in [3.63, 3.8) is 0 Å². The van der Waals surface area contributed by atoms with Crippen LogP contribution in [0, 0.1) is 11.6 Å². The van der Waals surface area contributed by atoms with Crippen molar-refractivity contribution in [3.05, 3.63) is 40.0 Å². The Hall–Kier alpha value is -1.48. The molecule has 1 aromatic heterocycles. The molecule has 0 aliphatic rings. The Balaban J connectivity index is 2.40. The maximum absolute atomic E-state index is 13.7. The van der Waals surface area contributed by atoms with Crippen LogP contribution in [0.5, 0.6) is 0 Å². The van der Waals surface area contributed by atoms with Gasteiger partial charge >= 0.3 is 0 Å². The summed E-state index contributed by atoms with van der Waals surface area (Å²) in [5.41, 5.74) is 0.723. The normalized spacial score (nSPS) is 11.6. The van der Waals surface area contributed by atoms with E-state index in [-0.39, 0.29) is 10.3 Å². The number of anilines is 1. The number of benzene rings is 1. The zero-order valence-corrected chi connectivity index (χ0v) is 12.6. The molecule has 0 saturated carbocycles. The van der Waals surface area contributed by atoms with Crippen molar-refractivity contribution in [1.82, 2.24) is 10.2 Å². The van der Waals surface area contributed by atoms with Crippen molar-refractivity contribution in [1.29, 1.82) is 0 Å². The van der Waals surface area contributed by atoms with E-state index in [9.17, 15) is 17.2 Å². The lowest BCUT2D eigenvalue weighted by Crippen LogP contribution is -2.15. The summed E-state index contributed by atoms with van der Waals surface area (Å²) in [5.74, 6) is -2.02. The largest absolute Gasteiger partial charge is 0.280 e. The molecule has 0 amide bonds. The van der Waals surface area contributed by atoms with Crippen molar-refractivity contribution in [3.8, 4) is 0 Å². The first-order valence-electron chi connectivity index (χ1n) is 5.55. The highest BCUT2D eigenvalue weighted by molar-refractivity contribution is 9.10. The first-order chi connectivity index (χ1) is 9.33. The summed E-state index contributed by atoms with van der Waals surface area (Å²) in [7, 11) is -4.21. The Labute approximate surface area is 122 Å². The van der Waals surface area contributed by atoms with Gasteiger partial charge in [-0.1, -0.05) is 6.92 Å². The van der Waals surface area contributed by atoms with E-state index in [4.69, 9.17) is 0 Å². The van der Waals surface area contributed by atoms with Crippen LogP contribution in [0.1, 0.15) is 12.6 Å². The van der Waals surface area contributed by atoms with Crippen LogP contribution in [0.4, 0.5) is 14.6 Å². The molecule has 20 heavy (non-hydrogen) atoms. The van der Waals surface area contributed by atoms with Gasteiger partial charge in [0, 0.05) is 22.3 Å². The van der Waals surface area contributed by atoms with E-state index in [0.29, 0.717) is 12.5 Å².